The fraction of sp³-hybridized carbons (Fsp3) is 0.600. The van der Waals surface area contributed by atoms with Gasteiger partial charge in [0.05, 0.1) is 0 Å². The van der Waals surface area contributed by atoms with Crippen LogP contribution in [0.3, 0.4) is 0 Å². The molecule has 1 aliphatic heterocycles. The number of nitrogens with one attached hydrogen (secondary N) is 1. The summed E-state index contributed by atoms with van der Waals surface area (Å²) < 4.78 is 1.17. The lowest BCUT2D eigenvalue weighted by Gasteiger charge is -2.28. The first-order valence-electron chi connectivity index (χ1n) is 7.02. The minimum atomic E-state index is 0.728. The highest BCUT2D eigenvalue weighted by atomic mass is 79.9. The maximum atomic E-state index is 3.58. The zero-order valence-electron chi connectivity index (χ0n) is 11.4. The molecule has 0 saturated carbocycles. The topological polar surface area (TPSA) is 15.3 Å². The first-order valence-corrected chi connectivity index (χ1v) is 7.81. The van der Waals surface area contributed by atoms with Crippen molar-refractivity contribution in [2.45, 2.75) is 45.7 Å². The van der Waals surface area contributed by atoms with E-state index in [0.717, 1.165) is 19.1 Å². The summed E-state index contributed by atoms with van der Waals surface area (Å²) in [5, 5.41) is 3.44. The molecular formula is C15H23BrN2. The quantitative estimate of drug-likeness (QED) is 0.886. The number of anilines is 1. The SMILES string of the molecule is CCNCc1cc(Br)ccc1N1CCCC1CC. The van der Waals surface area contributed by atoms with Crippen LogP contribution in [0.25, 0.3) is 0 Å². The van der Waals surface area contributed by atoms with Gasteiger partial charge in [0, 0.05) is 29.3 Å². The third-order valence-corrected chi connectivity index (χ3v) is 4.26. The van der Waals surface area contributed by atoms with E-state index in [4.69, 9.17) is 0 Å². The van der Waals surface area contributed by atoms with Gasteiger partial charge in [0.15, 0.2) is 0 Å². The molecule has 100 valence electrons. The van der Waals surface area contributed by atoms with Gasteiger partial charge >= 0.3 is 0 Å². The van der Waals surface area contributed by atoms with Crippen molar-refractivity contribution < 1.29 is 0 Å². The number of halogens is 1. The van der Waals surface area contributed by atoms with Crippen LogP contribution in [0.2, 0.25) is 0 Å². The zero-order valence-corrected chi connectivity index (χ0v) is 13.0. The Morgan fingerprint density at radius 2 is 2.22 bits per heavy atom. The van der Waals surface area contributed by atoms with Gasteiger partial charge in [0.1, 0.15) is 0 Å². The molecule has 1 aliphatic rings. The lowest BCUT2D eigenvalue weighted by atomic mass is 10.1. The lowest BCUT2D eigenvalue weighted by molar-refractivity contribution is 0.640. The molecule has 1 fully saturated rings. The van der Waals surface area contributed by atoms with E-state index in [0.29, 0.717) is 0 Å². The molecule has 1 aromatic carbocycles. The number of nitrogens with zero attached hydrogens (tertiary/aromatic N) is 1. The Morgan fingerprint density at radius 3 is 2.94 bits per heavy atom. The van der Waals surface area contributed by atoms with Crippen molar-refractivity contribution >= 4 is 21.6 Å². The molecule has 2 rings (SSSR count). The molecule has 0 bridgehead atoms. The molecule has 0 aromatic heterocycles. The van der Waals surface area contributed by atoms with Crippen molar-refractivity contribution in [3.05, 3.63) is 28.2 Å². The van der Waals surface area contributed by atoms with Crippen molar-refractivity contribution in [2.24, 2.45) is 0 Å². The van der Waals surface area contributed by atoms with Crippen molar-refractivity contribution in [1.82, 2.24) is 5.32 Å². The minimum absolute atomic E-state index is 0.728. The molecule has 1 atom stereocenters. The van der Waals surface area contributed by atoms with Gasteiger partial charge in [-0.3, -0.25) is 0 Å². The fourth-order valence-corrected chi connectivity index (χ4v) is 3.22. The molecule has 1 heterocycles. The zero-order chi connectivity index (χ0) is 13.0. The maximum absolute atomic E-state index is 3.58. The average molecular weight is 311 g/mol. The molecule has 2 nitrogen and oxygen atoms in total. The van der Waals surface area contributed by atoms with Crippen molar-refractivity contribution in [3.8, 4) is 0 Å². The molecule has 1 saturated heterocycles. The van der Waals surface area contributed by atoms with Crippen LogP contribution in [0, 0.1) is 0 Å². The predicted octanol–water partition coefficient (Wildman–Crippen LogP) is 3.94. The van der Waals surface area contributed by atoms with Crippen LogP contribution < -0.4 is 10.2 Å². The normalized spacial score (nSPS) is 19.5. The Hall–Kier alpha value is -0.540. The van der Waals surface area contributed by atoms with Crippen LogP contribution in [0.4, 0.5) is 5.69 Å². The number of hydrogen-bond acceptors (Lipinski definition) is 2. The summed E-state index contributed by atoms with van der Waals surface area (Å²) in [6.45, 7) is 7.63. The Kier molecular flexibility index (Phi) is 5.07. The highest BCUT2D eigenvalue weighted by Gasteiger charge is 2.24. The maximum Gasteiger partial charge on any atom is 0.0415 e. The minimum Gasteiger partial charge on any atom is -0.368 e. The van der Waals surface area contributed by atoms with Gasteiger partial charge in [-0.25, -0.2) is 0 Å². The molecule has 1 unspecified atom stereocenters. The van der Waals surface area contributed by atoms with Crippen molar-refractivity contribution in [3.63, 3.8) is 0 Å². The van der Waals surface area contributed by atoms with Crippen LogP contribution in [-0.2, 0) is 6.54 Å². The molecule has 1 N–H and O–H groups in total. The van der Waals surface area contributed by atoms with E-state index in [1.165, 1.54) is 41.5 Å². The highest BCUT2D eigenvalue weighted by Crippen LogP contribution is 2.31. The van der Waals surface area contributed by atoms with Gasteiger partial charge < -0.3 is 10.2 Å². The summed E-state index contributed by atoms with van der Waals surface area (Å²) in [5.41, 5.74) is 2.83. The highest BCUT2D eigenvalue weighted by molar-refractivity contribution is 9.10. The molecular weight excluding hydrogens is 288 g/mol. The summed E-state index contributed by atoms with van der Waals surface area (Å²) in [5.74, 6) is 0. The summed E-state index contributed by atoms with van der Waals surface area (Å²) in [4.78, 5) is 2.60. The van der Waals surface area contributed by atoms with Gasteiger partial charge in [0.25, 0.3) is 0 Å². The Balaban J connectivity index is 2.25. The average Bonchev–Trinajstić information content (AvgIpc) is 2.84. The molecule has 3 heteroatoms. The van der Waals surface area contributed by atoms with Gasteiger partial charge in [-0.2, -0.15) is 0 Å². The molecule has 0 radical (unpaired) electrons. The van der Waals surface area contributed by atoms with Crippen LogP contribution in [-0.4, -0.2) is 19.1 Å². The van der Waals surface area contributed by atoms with E-state index >= 15 is 0 Å². The first-order chi connectivity index (χ1) is 8.76. The number of hydrogen-bond donors (Lipinski definition) is 1. The van der Waals surface area contributed by atoms with Crippen LogP contribution >= 0.6 is 15.9 Å². The predicted molar refractivity (Wildman–Crippen MR) is 82.2 cm³/mol. The molecule has 18 heavy (non-hydrogen) atoms. The summed E-state index contributed by atoms with van der Waals surface area (Å²) in [6.07, 6.45) is 3.92. The van der Waals surface area contributed by atoms with Crippen LogP contribution in [0.5, 0.6) is 0 Å². The summed E-state index contributed by atoms with van der Waals surface area (Å²) in [7, 11) is 0. The van der Waals surface area contributed by atoms with Crippen LogP contribution in [0.1, 0.15) is 38.7 Å². The Labute approximate surface area is 119 Å². The van der Waals surface area contributed by atoms with E-state index in [1.807, 2.05) is 0 Å². The summed E-state index contributed by atoms with van der Waals surface area (Å²) >= 11 is 3.58. The third kappa shape index (κ3) is 3.07. The van der Waals surface area contributed by atoms with Crippen molar-refractivity contribution in [1.29, 1.82) is 0 Å². The van der Waals surface area contributed by atoms with Gasteiger partial charge in [0.2, 0.25) is 0 Å². The second-order valence-electron chi connectivity index (χ2n) is 4.95. The van der Waals surface area contributed by atoms with E-state index in [-0.39, 0.29) is 0 Å². The van der Waals surface area contributed by atoms with Gasteiger partial charge in [-0.1, -0.05) is 29.8 Å². The fourth-order valence-electron chi connectivity index (χ4n) is 2.81. The largest absolute Gasteiger partial charge is 0.368 e. The first kappa shape index (κ1) is 13.9. The lowest BCUT2D eigenvalue weighted by Crippen LogP contribution is -2.30. The van der Waals surface area contributed by atoms with E-state index < -0.39 is 0 Å². The molecule has 0 amide bonds. The number of rotatable bonds is 5. The smallest absolute Gasteiger partial charge is 0.0415 e. The molecule has 1 aromatic rings. The standard InChI is InChI=1S/C15H23BrN2/c1-3-14-6-5-9-18(14)15-8-7-13(16)10-12(15)11-17-4-2/h7-8,10,14,17H,3-6,9,11H2,1-2H3. The van der Waals surface area contributed by atoms with Gasteiger partial charge in [-0.05, 0) is 49.6 Å². The second-order valence-corrected chi connectivity index (χ2v) is 5.87. The van der Waals surface area contributed by atoms with Crippen molar-refractivity contribution in [2.75, 3.05) is 18.0 Å². The molecule has 0 aliphatic carbocycles. The third-order valence-electron chi connectivity index (χ3n) is 3.76. The second kappa shape index (κ2) is 6.58. The van der Waals surface area contributed by atoms with Crippen LogP contribution in [0.15, 0.2) is 22.7 Å². The Morgan fingerprint density at radius 1 is 1.39 bits per heavy atom. The number of benzene rings is 1. The van der Waals surface area contributed by atoms with E-state index in [1.54, 1.807) is 0 Å². The summed E-state index contributed by atoms with van der Waals surface area (Å²) in [6, 6.07) is 7.41. The van der Waals surface area contributed by atoms with Gasteiger partial charge in [-0.15, -0.1) is 0 Å². The van der Waals surface area contributed by atoms with E-state index in [2.05, 4.69) is 58.2 Å². The Bertz CT molecular complexity index is 392. The monoisotopic (exact) mass is 310 g/mol. The molecule has 0 spiro atoms. The van der Waals surface area contributed by atoms with E-state index in [9.17, 15) is 0 Å².